The van der Waals surface area contributed by atoms with Gasteiger partial charge in [-0.1, -0.05) is 36.4 Å². The minimum absolute atomic E-state index is 0.0194. The Morgan fingerprint density at radius 1 is 1.45 bits per heavy atom. The summed E-state index contributed by atoms with van der Waals surface area (Å²) in [6.45, 7) is 9.12. The molecule has 6 nitrogen and oxygen atoms in total. The summed E-state index contributed by atoms with van der Waals surface area (Å²) in [6, 6.07) is 7.77. The normalized spacial score (nSPS) is 16.4. The maximum absolute atomic E-state index is 12.7. The molecule has 29 heavy (non-hydrogen) atoms. The Morgan fingerprint density at radius 3 is 2.83 bits per heavy atom. The summed E-state index contributed by atoms with van der Waals surface area (Å²) in [6.07, 6.45) is 1.46. The highest BCUT2D eigenvalue weighted by Crippen LogP contribution is 2.42. The number of halogens is 1. The van der Waals surface area contributed by atoms with E-state index in [9.17, 15) is 10.1 Å². The van der Waals surface area contributed by atoms with Crippen LogP contribution in [0.5, 0.6) is 0 Å². The van der Waals surface area contributed by atoms with Crippen molar-refractivity contribution < 1.29 is 14.3 Å². The molecule has 1 atom stereocenters. The van der Waals surface area contributed by atoms with Crippen LogP contribution in [0.15, 0.2) is 53.6 Å². The molecule has 0 radical (unpaired) electrons. The number of benzene rings is 1. The number of aromatic nitrogens is 1. The zero-order valence-corrected chi connectivity index (χ0v) is 17.1. The van der Waals surface area contributed by atoms with Gasteiger partial charge in [0.2, 0.25) is 5.88 Å². The van der Waals surface area contributed by atoms with Crippen LogP contribution in [-0.2, 0) is 14.3 Å². The third-order valence-electron chi connectivity index (χ3n) is 4.96. The van der Waals surface area contributed by atoms with Gasteiger partial charge in [-0.2, -0.15) is 5.26 Å². The number of carbonyl (C=O) groups excluding carboxylic acids is 1. The number of rotatable bonds is 4. The van der Waals surface area contributed by atoms with Gasteiger partial charge in [-0.05, 0) is 38.0 Å². The van der Waals surface area contributed by atoms with Crippen molar-refractivity contribution in [3.63, 3.8) is 0 Å². The predicted molar refractivity (Wildman–Crippen MR) is 111 cm³/mol. The molecule has 0 amide bonds. The van der Waals surface area contributed by atoms with Gasteiger partial charge in [0.15, 0.2) is 0 Å². The Balaban J connectivity index is 2.26. The van der Waals surface area contributed by atoms with Gasteiger partial charge in [0.05, 0.1) is 17.0 Å². The maximum Gasteiger partial charge on any atom is 0.338 e. The van der Waals surface area contributed by atoms with Crippen LogP contribution in [-0.4, -0.2) is 17.6 Å². The summed E-state index contributed by atoms with van der Waals surface area (Å²) >= 11 is 6.54. The Bertz CT molecular complexity index is 1140. The first-order chi connectivity index (χ1) is 13.8. The van der Waals surface area contributed by atoms with Crippen LogP contribution in [0, 0.1) is 25.2 Å². The van der Waals surface area contributed by atoms with E-state index in [0.717, 1.165) is 22.0 Å². The van der Waals surface area contributed by atoms with Gasteiger partial charge in [0, 0.05) is 10.9 Å². The van der Waals surface area contributed by atoms with E-state index in [1.165, 1.54) is 6.08 Å². The number of allylic oxidation sites excluding steroid dienone is 2. The van der Waals surface area contributed by atoms with E-state index in [2.05, 4.69) is 11.6 Å². The van der Waals surface area contributed by atoms with Crippen LogP contribution in [0.3, 0.4) is 0 Å². The fraction of sp³-hybridized carbons (Fsp3) is 0.227. The van der Waals surface area contributed by atoms with Gasteiger partial charge >= 0.3 is 5.97 Å². The summed E-state index contributed by atoms with van der Waals surface area (Å²) in [7, 11) is 0. The predicted octanol–water partition coefficient (Wildman–Crippen LogP) is 4.32. The van der Waals surface area contributed by atoms with E-state index < -0.39 is 11.9 Å². The molecule has 0 saturated heterocycles. The molecule has 0 saturated carbocycles. The lowest BCUT2D eigenvalue weighted by Gasteiger charge is -2.27. The number of aryl methyl sites for hydroxylation is 2. The molecule has 2 heterocycles. The molecule has 2 N–H and O–H groups in total. The summed E-state index contributed by atoms with van der Waals surface area (Å²) in [5, 5.41) is 10.7. The highest BCUT2D eigenvalue weighted by Gasteiger charge is 2.38. The lowest BCUT2D eigenvalue weighted by molar-refractivity contribution is -0.138. The summed E-state index contributed by atoms with van der Waals surface area (Å²) in [4.78, 5) is 17.3. The number of nitrogens with zero attached hydrogens (tertiary/aromatic N) is 2. The maximum atomic E-state index is 12.7. The first-order valence-electron chi connectivity index (χ1n) is 8.92. The Kier molecular flexibility index (Phi) is 5.62. The van der Waals surface area contributed by atoms with Crippen LogP contribution >= 0.6 is 11.6 Å². The van der Waals surface area contributed by atoms with E-state index in [0.29, 0.717) is 5.56 Å². The smallest absolute Gasteiger partial charge is 0.338 e. The number of carbonyl (C=O) groups is 1. The Labute approximate surface area is 173 Å². The molecule has 1 aromatic heterocycles. The molecule has 2 aromatic rings. The standard InChI is InChI=1S/C22H20ClN3O3/c1-5-8-28-22(27)17-13(4)29-21(25)16(10-24)18(17)15-9-14-7-6-11(2)12(3)19(14)26-20(15)23/h5-7,9,18H,1,8,25H2,2-4H3. The molecule has 0 bridgehead atoms. The van der Waals surface area contributed by atoms with Crippen LogP contribution in [0.4, 0.5) is 0 Å². The summed E-state index contributed by atoms with van der Waals surface area (Å²) in [5.41, 5.74) is 9.52. The van der Waals surface area contributed by atoms with Gasteiger partial charge in [-0.15, -0.1) is 0 Å². The van der Waals surface area contributed by atoms with Crippen molar-refractivity contribution in [1.82, 2.24) is 4.98 Å². The third kappa shape index (κ3) is 3.57. The summed E-state index contributed by atoms with van der Waals surface area (Å²) < 4.78 is 10.7. The van der Waals surface area contributed by atoms with Crippen molar-refractivity contribution in [3.8, 4) is 6.07 Å². The molecule has 0 fully saturated rings. The van der Waals surface area contributed by atoms with Gasteiger partial charge in [-0.25, -0.2) is 9.78 Å². The average molecular weight is 410 g/mol. The number of fused-ring (bicyclic) bond motifs is 1. The fourth-order valence-corrected chi connectivity index (χ4v) is 3.60. The van der Waals surface area contributed by atoms with Crippen molar-refractivity contribution in [2.75, 3.05) is 6.61 Å². The topological polar surface area (TPSA) is 98.2 Å². The van der Waals surface area contributed by atoms with Gasteiger partial charge in [0.1, 0.15) is 29.2 Å². The molecule has 3 rings (SSSR count). The van der Waals surface area contributed by atoms with Crippen LogP contribution < -0.4 is 5.73 Å². The minimum atomic E-state index is -0.850. The third-order valence-corrected chi connectivity index (χ3v) is 5.26. The number of nitrogens with two attached hydrogens (primary N) is 1. The van der Waals surface area contributed by atoms with Crippen LogP contribution in [0.25, 0.3) is 10.9 Å². The first kappa shape index (κ1) is 20.4. The Hall–Kier alpha value is -3.30. The largest absolute Gasteiger partial charge is 0.458 e. The van der Waals surface area contributed by atoms with Crippen molar-refractivity contribution in [3.05, 3.63) is 75.5 Å². The second kappa shape index (κ2) is 7.98. The average Bonchev–Trinajstić information content (AvgIpc) is 2.68. The number of ether oxygens (including phenoxy) is 2. The highest BCUT2D eigenvalue weighted by atomic mass is 35.5. The van der Waals surface area contributed by atoms with Crippen LogP contribution in [0.2, 0.25) is 5.15 Å². The monoisotopic (exact) mass is 409 g/mol. The van der Waals surface area contributed by atoms with E-state index >= 15 is 0 Å². The minimum Gasteiger partial charge on any atom is -0.458 e. The zero-order chi connectivity index (χ0) is 21.3. The van der Waals surface area contributed by atoms with E-state index in [4.69, 9.17) is 26.8 Å². The zero-order valence-electron chi connectivity index (χ0n) is 16.4. The highest BCUT2D eigenvalue weighted by molar-refractivity contribution is 6.31. The molecule has 7 heteroatoms. The molecule has 1 aliphatic heterocycles. The van der Waals surface area contributed by atoms with Gasteiger partial charge < -0.3 is 15.2 Å². The van der Waals surface area contributed by atoms with Crippen molar-refractivity contribution >= 4 is 28.5 Å². The first-order valence-corrected chi connectivity index (χ1v) is 9.30. The van der Waals surface area contributed by atoms with Gasteiger partial charge in [0.25, 0.3) is 0 Å². The molecule has 148 valence electrons. The number of hydrogen-bond donors (Lipinski definition) is 1. The molecule has 1 aromatic carbocycles. The second-order valence-corrected chi connectivity index (χ2v) is 7.09. The SMILES string of the molecule is C=CCOC(=O)C1=C(C)OC(N)=C(C#N)C1c1cc2ccc(C)c(C)c2nc1Cl. The van der Waals surface area contributed by atoms with Gasteiger partial charge in [-0.3, -0.25) is 0 Å². The van der Waals surface area contributed by atoms with Crippen molar-refractivity contribution in [1.29, 1.82) is 5.26 Å². The van der Waals surface area contributed by atoms with E-state index in [-0.39, 0.29) is 34.5 Å². The van der Waals surface area contributed by atoms with E-state index in [1.54, 1.807) is 6.92 Å². The second-order valence-electron chi connectivity index (χ2n) is 6.73. The molecule has 0 aliphatic carbocycles. The lowest BCUT2D eigenvalue weighted by atomic mass is 9.83. The summed E-state index contributed by atoms with van der Waals surface area (Å²) in [5.74, 6) is -1.32. The van der Waals surface area contributed by atoms with Crippen LogP contribution in [0.1, 0.15) is 29.5 Å². The van der Waals surface area contributed by atoms with E-state index in [1.807, 2.05) is 38.1 Å². The number of hydrogen-bond acceptors (Lipinski definition) is 6. The number of nitriles is 1. The number of pyridine rings is 1. The lowest BCUT2D eigenvalue weighted by Crippen LogP contribution is -2.26. The fourth-order valence-electron chi connectivity index (χ4n) is 3.35. The molecule has 0 spiro atoms. The van der Waals surface area contributed by atoms with Crippen molar-refractivity contribution in [2.45, 2.75) is 26.7 Å². The Morgan fingerprint density at radius 2 is 2.17 bits per heavy atom. The number of esters is 1. The quantitative estimate of drug-likeness (QED) is 0.458. The molecule has 1 unspecified atom stereocenters. The molecule has 1 aliphatic rings. The molecular weight excluding hydrogens is 390 g/mol. The molecular formula is C22H20ClN3O3. The van der Waals surface area contributed by atoms with Crippen molar-refractivity contribution in [2.24, 2.45) is 5.73 Å².